The Morgan fingerprint density at radius 3 is 2.16 bits per heavy atom. The first kappa shape index (κ1) is 28.9. The van der Waals surface area contributed by atoms with Crippen molar-refractivity contribution in [2.24, 2.45) is 13.0 Å². The van der Waals surface area contributed by atoms with E-state index in [0.717, 1.165) is 38.9 Å². The van der Waals surface area contributed by atoms with Crippen LogP contribution < -0.4 is 10.9 Å². The zero-order valence-electron chi connectivity index (χ0n) is 25.2. The van der Waals surface area contributed by atoms with Crippen LogP contribution in [0.1, 0.15) is 53.4 Å². The van der Waals surface area contributed by atoms with E-state index in [4.69, 9.17) is 0 Å². The number of nitrogens with one attached hydrogen (secondary N) is 2. The average molecular weight is 585 g/mol. The van der Waals surface area contributed by atoms with Crippen molar-refractivity contribution in [3.05, 3.63) is 131 Å². The van der Waals surface area contributed by atoms with E-state index in [1.165, 1.54) is 0 Å². The van der Waals surface area contributed by atoms with Gasteiger partial charge in [-0.15, -0.1) is 0 Å². The number of hydrogen-bond donors (Lipinski definition) is 2. The van der Waals surface area contributed by atoms with Crippen LogP contribution in [-0.2, 0) is 23.1 Å². The average Bonchev–Trinajstić information content (AvgIpc) is 3.49. The topological polar surface area (TPSA) is 83.4 Å². The van der Waals surface area contributed by atoms with Crippen molar-refractivity contribution in [1.29, 1.82) is 0 Å². The van der Waals surface area contributed by atoms with Gasteiger partial charge in [0.05, 0.1) is 18.2 Å². The zero-order chi connectivity index (χ0) is 30.8. The molecule has 222 valence electrons. The molecule has 0 radical (unpaired) electrons. The van der Waals surface area contributed by atoms with Crippen LogP contribution in [0.15, 0.2) is 109 Å². The Bertz CT molecular complexity index is 1830. The Morgan fingerprint density at radius 2 is 1.43 bits per heavy atom. The molecule has 1 aliphatic rings. The molecule has 44 heavy (non-hydrogen) atoms. The van der Waals surface area contributed by atoms with E-state index in [1.54, 1.807) is 4.90 Å². The minimum Gasteiger partial charge on any atom is -0.343 e. The van der Waals surface area contributed by atoms with E-state index >= 15 is 0 Å². The molecule has 0 saturated carbocycles. The van der Waals surface area contributed by atoms with Crippen molar-refractivity contribution < 1.29 is 14.4 Å². The third kappa shape index (κ3) is 5.37. The van der Waals surface area contributed by atoms with Crippen molar-refractivity contribution in [3.8, 4) is 11.3 Å². The summed E-state index contributed by atoms with van der Waals surface area (Å²) in [4.78, 5) is 42.8. The minimum absolute atomic E-state index is 0.101. The molecule has 1 aliphatic heterocycles. The monoisotopic (exact) mass is 584 g/mol. The van der Waals surface area contributed by atoms with Crippen molar-refractivity contribution >= 4 is 28.6 Å². The van der Waals surface area contributed by atoms with Crippen molar-refractivity contribution in [2.75, 3.05) is 0 Å². The van der Waals surface area contributed by atoms with Crippen molar-refractivity contribution in [3.63, 3.8) is 0 Å². The molecular weight excluding hydrogens is 548 g/mol. The lowest BCUT2D eigenvalue weighted by Gasteiger charge is -2.34. The van der Waals surface area contributed by atoms with Gasteiger partial charge in [-0.05, 0) is 41.2 Å². The fourth-order valence-corrected chi connectivity index (χ4v) is 6.43. The molecule has 6 rings (SSSR count). The Balaban J connectivity index is 1.44. The van der Waals surface area contributed by atoms with Gasteiger partial charge in [0.2, 0.25) is 5.91 Å². The normalized spacial score (nSPS) is 15.0. The summed E-state index contributed by atoms with van der Waals surface area (Å²) < 4.78 is 2.17. The number of aromatic nitrogens is 1. The number of hydrogen-bond acceptors (Lipinski definition) is 3. The fraction of sp³-hybridized carbons (Fsp3) is 0.216. The molecule has 2 N–H and O–H groups in total. The van der Waals surface area contributed by atoms with Gasteiger partial charge in [-0.3, -0.25) is 25.2 Å². The number of amides is 3. The number of rotatable bonds is 8. The largest absolute Gasteiger partial charge is 0.343 e. The van der Waals surface area contributed by atoms with Crippen molar-refractivity contribution in [2.45, 2.75) is 38.8 Å². The SMILES string of the molecule is CC(C)CC(C(=O)NNC(=O)Cc1ccccc1)N1C(=O)c2ccccc2C1c1c(-c2ccccc2)n(C)c2ccccc12. The summed E-state index contributed by atoms with van der Waals surface area (Å²) in [6.45, 7) is 4.06. The fourth-order valence-electron chi connectivity index (χ4n) is 6.43. The second-order valence-electron chi connectivity index (χ2n) is 11.8. The van der Waals surface area contributed by atoms with Crippen LogP contribution in [0.4, 0.5) is 0 Å². The number of carbonyl (C=O) groups excluding carboxylic acids is 3. The standard InChI is InChI=1S/C37H36N4O3/c1-24(2)22-31(36(43)39-38-32(42)23-25-14-6-4-7-15-25)41-35(27-18-10-11-19-28(27)37(41)44)33-29-20-12-13-21-30(29)40(3)34(33)26-16-8-5-9-17-26/h4-21,24,31,35H,22-23H2,1-3H3,(H,38,42)(H,39,43). The highest BCUT2D eigenvalue weighted by Crippen LogP contribution is 2.47. The Kier molecular flexibility index (Phi) is 8.03. The maximum atomic E-state index is 14.3. The number of para-hydroxylation sites is 1. The highest BCUT2D eigenvalue weighted by molar-refractivity contribution is 6.04. The number of aryl methyl sites for hydroxylation is 1. The molecule has 7 heteroatoms. The molecule has 0 saturated heterocycles. The van der Waals surface area contributed by atoms with Gasteiger partial charge in [-0.25, -0.2) is 0 Å². The van der Waals surface area contributed by atoms with Crippen LogP contribution in [0.5, 0.6) is 0 Å². The van der Waals surface area contributed by atoms with Gasteiger partial charge in [0.15, 0.2) is 0 Å². The van der Waals surface area contributed by atoms with Gasteiger partial charge in [0.1, 0.15) is 6.04 Å². The third-order valence-corrected chi connectivity index (χ3v) is 8.33. The smallest absolute Gasteiger partial charge is 0.261 e. The highest BCUT2D eigenvalue weighted by Gasteiger charge is 2.46. The number of fused-ring (bicyclic) bond motifs is 2. The second kappa shape index (κ2) is 12.2. The minimum atomic E-state index is -0.834. The van der Waals surface area contributed by atoms with E-state index in [9.17, 15) is 14.4 Å². The summed E-state index contributed by atoms with van der Waals surface area (Å²) in [6, 6.07) is 34.0. The molecule has 2 atom stereocenters. The van der Waals surface area contributed by atoms with E-state index in [1.807, 2.05) is 106 Å². The molecule has 4 aromatic carbocycles. The van der Waals surface area contributed by atoms with Crippen LogP contribution in [0, 0.1) is 5.92 Å². The zero-order valence-corrected chi connectivity index (χ0v) is 25.2. The molecule has 2 unspecified atom stereocenters. The maximum Gasteiger partial charge on any atom is 0.261 e. The molecule has 7 nitrogen and oxygen atoms in total. The summed E-state index contributed by atoms with van der Waals surface area (Å²) in [6.07, 6.45) is 0.547. The number of hydrazine groups is 1. The molecule has 2 heterocycles. The molecular formula is C37H36N4O3. The molecule has 0 aliphatic carbocycles. The number of nitrogens with zero attached hydrogens (tertiary/aromatic N) is 2. The van der Waals surface area contributed by atoms with Crippen LogP contribution in [-0.4, -0.2) is 33.2 Å². The molecule has 3 amide bonds. The molecule has 0 bridgehead atoms. The predicted octanol–water partition coefficient (Wildman–Crippen LogP) is 6.20. The van der Waals surface area contributed by atoms with Crippen LogP contribution in [0.3, 0.4) is 0 Å². The summed E-state index contributed by atoms with van der Waals surface area (Å²) >= 11 is 0. The Morgan fingerprint density at radius 1 is 0.795 bits per heavy atom. The molecule has 0 fully saturated rings. The molecule has 1 aromatic heterocycles. The molecule has 0 spiro atoms. The lowest BCUT2D eigenvalue weighted by Crippen LogP contribution is -2.54. The van der Waals surface area contributed by atoms with Crippen LogP contribution in [0.2, 0.25) is 0 Å². The van der Waals surface area contributed by atoms with Crippen LogP contribution in [0.25, 0.3) is 22.2 Å². The highest BCUT2D eigenvalue weighted by atomic mass is 16.2. The first-order valence-electron chi connectivity index (χ1n) is 15.0. The van der Waals surface area contributed by atoms with Crippen molar-refractivity contribution in [1.82, 2.24) is 20.3 Å². The van der Waals surface area contributed by atoms with E-state index in [-0.39, 0.29) is 24.2 Å². The Labute approximate surface area is 257 Å². The van der Waals surface area contributed by atoms with Gasteiger partial charge in [-0.2, -0.15) is 0 Å². The lowest BCUT2D eigenvalue weighted by molar-refractivity contribution is -0.132. The summed E-state index contributed by atoms with van der Waals surface area (Å²) in [5.74, 6) is -0.855. The lowest BCUT2D eigenvalue weighted by atomic mass is 9.91. The van der Waals surface area contributed by atoms with E-state index in [2.05, 4.69) is 39.7 Å². The number of benzene rings is 4. The quantitative estimate of drug-likeness (QED) is 0.213. The van der Waals surface area contributed by atoms with Gasteiger partial charge in [-0.1, -0.05) is 111 Å². The summed E-state index contributed by atoms with van der Waals surface area (Å²) in [7, 11) is 2.04. The van der Waals surface area contributed by atoms with Gasteiger partial charge in [0.25, 0.3) is 11.8 Å². The summed E-state index contributed by atoms with van der Waals surface area (Å²) in [5, 5.41) is 1.02. The predicted molar refractivity (Wildman–Crippen MR) is 172 cm³/mol. The van der Waals surface area contributed by atoms with Crippen LogP contribution >= 0.6 is 0 Å². The van der Waals surface area contributed by atoms with E-state index in [0.29, 0.717) is 12.0 Å². The Hall–Kier alpha value is -5.17. The van der Waals surface area contributed by atoms with Gasteiger partial charge < -0.3 is 9.47 Å². The van der Waals surface area contributed by atoms with Gasteiger partial charge >= 0.3 is 0 Å². The third-order valence-electron chi connectivity index (χ3n) is 8.33. The maximum absolute atomic E-state index is 14.3. The number of carbonyl (C=O) groups is 3. The molecule has 5 aromatic rings. The van der Waals surface area contributed by atoms with E-state index < -0.39 is 18.0 Å². The first-order chi connectivity index (χ1) is 21.3. The second-order valence-corrected chi connectivity index (χ2v) is 11.8. The van der Waals surface area contributed by atoms with Gasteiger partial charge in [0, 0.05) is 29.1 Å². The summed E-state index contributed by atoms with van der Waals surface area (Å²) in [5.41, 5.74) is 11.6. The first-order valence-corrected chi connectivity index (χ1v) is 15.0.